The van der Waals surface area contributed by atoms with Crippen molar-refractivity contribution in [1.29, 1.82) is 0 Å². The third-order valence-electron chi connectivity index (χ3n) is 4.13. The Morgan fingerprint density at radius 2 is 2.16 bits per heavy atom. The van der Waals surface area contributed by atoms with Gasteiger partial charge in [0.05, 0.1) is 5.60 Å². The van der Waals surface area contributed by atoms with E-state index >= 15 is 0 Å². The molecule has 0 aliphatic carbocycles. The third kappa shape index (κ3) is 2.91. The number of rotatable bonds is 4. The van der Waals surface area contributed by atoms with Crippen LogP contribution in [0.15, 0.2) is 18.2 Å². The van der Waals surface area contributed by atoms with Gasteiger partial charge in [0.15, 0.2) is 0 Å². The summed E-state index contributed by atoms with van der Waals surface area (Å²) in [5, 5.41) is 17.2. The largest absolute Gasteiger partial charge is 0.388 e. The van der Waals surface area contributed by atoms with Gasteiger partial charge < -0.3 is 20.5 Å². The molecule has 2 aliphatic rings. The minimum Gasteiger partial charge on any atom is -0.388 e. The summed E-state index contributed by atoms with van der Waals surface area (Å²) in [6.45, 7) is 3.81. The van der Waals surface area contributed by atoms with E-state index in [4.69, 9.17) is 4.74 Å². The number of fused-ring (bicyclic) bond motifs is 1. The second-order valence-corrected chi connectivity index (χ2v) is 5.57. The maximum absolute atomic E-state index is 10.4. The normalized spacial score (nSPS) is 20.9. The smallest absolute Gasteiger partial charge is 0.0815 e. The van der Waals surface area contributed by atoms with Gasteiger partial charge in [-0.25, -0.2) is 0 Å². The predicted octanol–water partition coefficient (Wildman–Crippen LogP) is 1.29. The highest BCUT2D eigenvalue weighted by Gasteiger charge is 2.29. The first-order valence-corrected chi connectivity index (χ1v) is 7.12. The minimum atomic E-state index is -0.594. The van der Waals surface area contributed by atoms with Gasteiger partial charge in [-0.15, -0.1) is 0 Å². The Labute approximate surface area is 114 Å². The molecular weight excluding hydrogens is 240 g/mol. The van der Waals surface area contributed by atoms with E-state index < -0.39 is 5.60 Å². The van der Waals surface area contributed by atoms with Crippen LogP contribution in [0.2, 0.25) is 0 Å². The van der Waals surface area contributed by atoms with Crippen LogP contribution in [-0.4, -0.2) is 37.0 Å². The molecule has 3 N–H and O–H groups in total. The minimum absolute atomic E-state index is 0.594. The molecule has 1 fully saturated rings. The molecule has 1 aromatic rings. The van der Waals surface area contributed by atoms with Crippen LogP contribution >= 0.6 is 0 Å². The summed E-state index contributed by atoms with van der Waals surface area (Å²) in [5.74, 6) is 0. The molecular formula is C15H22N2O2. The van der Waals surface area contributed by atoms with Crippen molar-refractivity contribution in [2.24, 2.45) is 0 Å². The van der Waals surface area contributed by atoms with Gasteiger partial charge in [-0.05, 0) is 17.5 Å². The van der Waals surface area contributed by atoms with Crippen LogP contribution in [0.1, 0.15) is 24.0 Å². The lowest BCUT2D eigenvalue weighted by molar-refractivity contribution is -0.0616. The average molecular weight is 262 g/mol. The van der Waals surface area contributed by atoms with Crippen molar-refractivity contribution in [3.05, 3.63) is 29.3 Å². The molecule has 0 radical (unpaired) electrons. The molecule has 3 rings (SSSR count). The van der Waals surface area contributed by atoms with Crippen LogP contribution in [0.5, 0.6) is 0 Å². The quantitative estimate of drug-likeness (QED) is 0.765. The molecule has 4 heteroatoms. The van der Waals surface area contributed by atoms with Crippen molar-refractivity contribution in [1.82, 2.24) is 5.32 Å². The molecule has 2 aliphatic heterocycles. The molecule has 0 atom stereocenters. The molecule has 1 aromatic carbocycles. The molecule has 0 amide bonds. The number of aliphatic hydroxyl groups is 1. The first-order valence-electron chi connectivity index (χ1n) is 7.12. The lowest BCUT2D eigenvalue weighted by Crippen LogP contribution is -2.44. The summed E-state index contributed by atoms with van der Waals surface area (Å²) in [5.41, 5.74) is 3.40. The predicted molar refractivity (Wildman–Crippen MR) is 75.3 cm³/mol. The zero-order valence-electron chi connectivity index (χ0n) is 11.2. The zero-order chi connectivity index (χ0) is 13.1. The van der Waals surface area contributed by atoms with Crippen LogP contribution in [-0.2, 0) is 17.7 Å². The van der Waals surface area contributed by atoms with E-state index in [1.54, 1.807) is 0 Å². The van der Waals surface area contributed by atoms with Gasteiger partial charge in [0.2, 0.25) is 0 Å². The molecule has 19 heavy (non-hydrogen) atoms. The molecule has 0 spiro atoms. The summed E-state index contributed by atoms with van der Waals surface area (Å²) in [7, 11) is 0. The van der Waals surface area contributed by atoms with E-state index in [9.17, 15) is 5.11 Å². The second kappa shape index (κ2) is 5.49. The number of hydrogen-bond donors (Lipinski definition) is 3. The van der Waals surface area contributed by atoms with E-state index in [0.717, 1.165) is 32.4 Å². The van der Waals surface area contributed by atoms with Gasteiger partial charge >= 0.3 is 0 Å². The molecule has 0 saturated carbocycles. The Morgan fingerprint density at radius 1 is 1.32 bits per heavy atom. The van der Waals surface area contributed by atoms with Gasteiger partial charge in [0.1, 0.15) is 0 Å². The maximum atomic E-state index is 10.4. The fourth-order valence-electron chi connectivity index (χ4n) is 2.92. The van der Waals surface area contributed by atoms with Crippen molar-refractivity contribution in [3.63, 3.8) is 0 Å². The van der Waals surface area contributed by atoms with Crippen molar-refractivity contribution < 1.29 is 9.84 Å². The SMILES string of the molecule is OC1(CNCc2cccc3c2NCC3)CCOCC1. The van der Waals surface area contributed by atoms with Crippen LogP contribution in [0.4, 0.5) is 5.69 Å². The number of anilines is 1. The van der Waals surface area contributed by atoms with Gasteiger partial charge in [-0.3, -0.25) is 0 Å². The van der Waals surface area contributed by atoms with Crippen molar-refractivity contribution >= 4 is 5.69 Å². The van der Waals surface area contributed by atoms with Gasteiger partial charge in [0, 0.05) is 51.4 Å². The first-order chi connectivity index (χ1) is 9.27. The number of benzene rings is 1. The van der Waals surface area contributed by atoms with Crippen molar-refractivity contribution in [3.8, 4) is 0 Å². The Morgan fingerprint density at radius 3 is 3.00 bits per heavy atom. The van der Waals surface area contributed by atoms with Crippen LogP contribution < -0.4 is 10.6 Å². The van der Waals surface area contributed by atoms with Crippen LogP contribution in [0.3, 0.4) is 0 Å². The fraction of sp³-hybridized carbons (Fsp3) is 0.600. The number of para-hydroxylation sites is 1. The van der Waals surface area contributed by atoms with Crippen LogP contribution in [0, 0.1) is 0 Å². The van der Waals surface area contributed by atoms with Gasteiger partial charge in [0.25, 0.3) is 0 Å². The standard InChI is InChI=1S/C15H22N2O2/c18-15(5-8-19-9-6-15)11-16-10-13-3-1-2-12-4-7-17-14(12)13/h1-3,16-18H,4-11H2. The highest BCUT2D eigenvalue weighted by atomic mass is 16.5. The average Bonchev–Trinajstić information content (AvgIpc) is 2.88. The van der Waals surface area contributed by atoms with Crippen molar-refractivity contribution in [2.45, 2.75) is 31.4 Å². The number of ether oxygens (including phenoxy) is 1. The summed E-state index contributed by atoms with van der Waals surface area (Å²) in [4.78, 5) is 0. The molecule has 4 nitrogen and oxygen atoms in total. The Hall–Kier alpha value is -1.10. The summed E-state index contributed by atoms with van der Waals surface area (Å²) in [6.07, 6.45) is 2.57. The number of nitrogens with one attached hydrogen (secondary N) is 2. The Kier molecular flexibility index (Phi) is 3.73. The lowest BCUT2D eigenvalue weighted by atomic mass is 9.94. The highest BCUT2D eigenvalue weighted by molar-refractivity contribution is 5.61. The molecule has 0 bridgehead atoms. The van der Waals surface area contributed by atoms with E-state index in [0.29, 0.717) is 19.8 Å². The van der Waals surface area contributed by atoms with Crippen molar-refractivity contribution in [2.75, 3.05) is 31.6 Å². The summed E-state index contributed by atoms with van der Waals surface area (Å²) >= 11 is 0. The molecule has 1 saturated heterocycles. The zero-order valence-corrected chi connectivity index (χ0v) is 11.2. The third-order valence-corrected chi connectivity index (χ3v) is 4.13. The number of hydrogen-bond acceptors (Lipinski definition) is 4. The highest BCUT2D eigenvalue weighted by Crippen LogP contribution is 2.26. The summed E-state index contributed by atoms with van der Waals surface area (Å²) < 4.78 is 5.29. The van der Waals surface area contributed by atoms with Gasteiger partial charge in [-0.2, -0.15) is 0 Å². The molecule has 0 unspecified atom stereocenters. The van der Waals surface area contributed by atoms with E-state index in [1.807, 2.05) is 0 Å². The fourth-order valence-corrected chi connectivity index (χ4v) is 2.92. The molecule has 104 valence electrons. The first kappa shape index (κ1) is 12.9. The van der Waals surface area contributed by atoms with E-state index in [1.165, 1.54) is 16.8 Å². The monoisotopic (exact) mass is 262 g/mol. The second-order valence-electron chi connectivity index (χ2n) is 5.57. The Balaban J connectivity index is 1.56. The molecule has 2 heterocycles. The van der Waals surface area contributed by atoms with Crippen LogP contribution in [0.25, 0.3) is 0 Å². The van der Waals surface area contributed by atoms with Gasteiger partial charge in [-0.1, -0.05) is 18.2 Å². The Bertz CT molecular complexity index is 442. The lowest BCUT2D eigenvalue weighted by Gasteiger charge is -2.32. The molecule has 0 aromatic heterocycles. The topological polar surface area (TPSA) is 53.5 Å². The maximum Gasteiger partial charge on any atom is 0.0815 e. The van der Waals surface area contributed by atoms with E-state index in [2.05, 4.69) is 28.8 Å². The van der Waals surface area contributed by atoms with E-state index in [-0.39, 0.29) is 0 Å². The summed E-state index contributed by atoms with van der Waals surface area (Å²) in [6, 6.07) is 6.45.